The molecule has 0 N–H and O–H groups in total. The molecule has 4 nitrogen and oxygen atoms in total. The third-order valence-corrected chi connectivity index (χ3v) is 4.93. The molecule has 2 heterocycles. The minimum absolute atomic E-state index is 0.161. The van der Waals surface area contributed by atoms with E-state index in [1.807, 2.05) is 0 Å². The number of rotatable bonds is 4. The Morgan fingerprint density at radius 2 is 1.90 bits per heavy atom. The van der Waals surface area contributed by atoms with Gasteiger partial charge in [-0.25, -0.2) is 4.39 Å². The maximum absolute atomic E-state index is 14.3. The lowest BCUT2D eigenvalue weighted by Crippen LogP contribution is -2.47. The average molecular weight is 296 g/mol. The Balaban J connectivity index is 1.62. The van der Waals surface area contributed by atoms with Gasteiger partial charge in [0.1, 0.15) is 0 Å². The van der Waals surface area contributed by atoms with E-state index in [1.54, 1.807) is 11.8 Å². The normalized spacial score (nSPS) is 28.7. The maximum Gasteiger partial charge on any atom is 0.282 e. The van der Waals surface area contributed by atoms with Crippen LogP contribution >= 0.6 is 0 Å². The van der Waals surface area contributed by atoms with Gasteiger partial charge < -0.3 is 9.64 Å². The Morgan fingerprint density at radius 3 is 2.57 bits per heavy atom. The van der Waals surface area contributed by atoms with E-state index in [9.17, 15) is 9.18 Å². The van der Waals surface area contributed by atoms with Gasteiger partial charge in [-0.3, -0.25) is 9.69 Å². The van der Waals surface area contributed by atoms with Crippen LogP contribution in [-0.2, 0) is 9.53 Å². The Bertz CT molecular complexity index is 428. The minimum Gasteiger partial charge on any atom is -0.379 e. The summed E-state index contributed by atoms with van der Waals surface area (Å²) in [4.78, 5) is 16.5. The SMILES string of the molecule is C/C(=C(/F)C(=O)N1CCCC1CN1CCOCC1)C1CC1. The van der Waals surface area contributed by atoms with Gasteiger partial charge in [0.05, 0.1) is 13.2 Å². The van der Waals surface area contributed by atoms with Crippen LogP contribution in [0.25, 0.3) is 0 Å². The summed E-state index contributed by atoms with van der Waals surface area (Å²) in [7, 11) is 0. The van der Waals surface area contributed by atoms with Crippen molar-refractivity contribution in [3.8, 4) is 0 Å². The van der Waals surface area contributed by atoms with E-state index in [0.717, 1.165) is 58.5 Å². The summed E-state index contributed by atoms with van der Waals surface area (Å²) in [5.41, 5.74) is 0.664. The van der Waals surface area contributed by atoms with Gasteiger partial charge in [0.2, 0.25) is 0 Å². The van der Waals surface area contributed by atoms with Crippen molar-refractivity contribution in [1.82, 2.24) is 9.80 Å². The van der Waals surface area contributed by atoms with E-state index in [1.165, 1.54) is 0 Å². The molecule has 0 bridgehead atoms. The third kappa shape index (κ3) is 3.46. The van der Waals surface area contributed by atoms with E-state index in [2.05, 4.69) is 4.90 Å². The number of morpholine rings is 1. The van der Waals surface area contributed by atoms with E-state index < -0.39 is 5.83 Å². The molecular formula is C16H25FN2O2. The molecule has 2 aliphatic heterocycles. The number of halogens is 1. The molecule has 2 saturated heterocycles. The highest BCUT2D eigenvalue weighted by atomic mass is 19.1. The second kappa shape index (κ2) is 6.44. The summed E-state index contributed by atoms with van der Waals surface area (Å²) < 4.78 is 19.7. The molecule has 118 valence electrons. The van der Waals surface area contributed by atoms with Crippen LogP contribution in [0.4, 0.5) is 4.39 Å². The molecule has 0 spiro atoms. The standard InChI is InChI=1S/C16H25FN2O2/c1-12(13-4-5-13)15(17)16(20)19-6-2-3-14(19)11-18-7-9-21-10-8-18/h13-14H,2-11H2,1H3/b15-12-. The molecule has 5 heteroatoms. The summed E-state index contributed by atoms with van der Waals surface area (Å²) in [6.45, 7) is 6.67. The Morgan fingerprint density at radius 1 is 1.19 bits per heavy atom. The zero-order chi connectivity index (χ0) is 14.8. The molecule has 0 aromatic rings. The number of nitrogens with zero attached hydrogens (tertiary/aromatic N) is 2. The van der Waals surface area contributed by atoms with Crippen molar-refractivity contribution in [2.45, 2.75) is 38.6 Å². The van der Waals surface area contributed by atoms with E-state index in [-0.39, 0.29) is 11.9 Å². The van der Waals surface area contributed by atoms with Gasteiger partial charge in [-0.2, -0.15) is 0 Å². The Hall–Kier alpha value is -0.940. The van der Waals surface area contributed by atoms with Crippen molar-refractivity contribution < 1.29 is 13.9 Å². The molecule has 0 aromatic heterocycles. The first kappa shape index (κ1) is 15.0. The Labute approximate surface area is 125 Å². The largest absolute Gasteiger partial charge is 0.379 e. The summed E-state index contributed by atoms with van der Waals surface area (Å²) in [5, 5.41) is 0. The fraction of sp³-hybridized carbons (Fsp3) is 0.812. The van der Waals surface area contributed by atoms with Crippen LogP contribution < -0.4 is 0 Å². The zero-order valence-corrected chi connectivity index (χ0v) is 12.8. The molecule has 3 rings (SSSR count). The highest BCUT2D eigenvalue weighted by Crippen LogP contribution is 2.38. The molecule has 0 radical (unpaired) electrons. The summed E-state index contributed by atoms with van der Waals surface area (Å²) in [6, 6.07) is 0.161. The molecule has 3 fully saturated rings. The highest BCUT2D eigenvalue weighted by Gasteiger charge is 2.35. The van der Waals surface area contributed by atoms with Gasteiger partial charge >= 0.3 is 0 Å². The van der Waals surface area contributed by atoms with Crippen molar-refractivity contribution in [1.29, 1.82) is 0 Å². The fourth-order valence-corrected chi connectivity index (χ4v) is 3.36. The van der Waals surface area contributed by atoms with Crippen molar-refractivity contribution in [3.63, 3.8) is 0 Å². The summed E-state index contributed by atoms with van der Waals surface area (Å²) >= 11 is 0. The lowest BCUT2D eigenvalue weighted by Gasteiger charge is -2.32. The number of hydrogen-bond donors (Lipinski definition) is 0. The van der Waals surface area contributed by atoms with Crippen LogP contribution in [0.1, 0.15) is 32.6 Å². The van der Waals surface area contributed by atoms with Crippen molar-refractivity contribution in [2.75, 3.05) is 39.4 Å². The maximum atomic E-state index is 14.3. The van der Waals surface area contributed by atoms with Gasteiger partial charge in [-0.15, -0.1) is 0 Å². The summed E-state index contributed by atoms with van der Waals surface area (Å²) in [5.74, 6) is -0.559. The molecule has 0 aromatic carbocycles. The van der Waals surface area contributed by atoms with Crippen molar-refractivity contribution >= 4 is 5.91 Å². The topological polar surface area (TPSA) is 32.8 Å². The number of allylic oxidation sites excluding steroid dienone is 1. The first-order chi connectivity index (χ1) is 10.2. The summed E-state index contributed by atoms with van der Waals surface area (Å²) in [6.07, 6.45) is 4.03. The van der Waals surface area contributed by atoms with Crippen LogP contribution in [-0.4, -0.2) is 61.1 Å². The van der Waals surface area contributed by atoms with E-state index >= 15 is 0 Å². The monoisotopic (exact) mass is 296 g/mol. The van der Waals surface area contributed by atoms with Crippen molar-refractivity contribution in [3.05, 3.63) is 11.4 Å². The van der Waals surface area contributed by atoms with E-state index in [4.69, 9.17) is 4.74 Å². The predicted molar refractivity (Wildman–Crippen MR) is 78.5 cm³/mol. The first-order valence-corrected chi connectivity index (χ1v) is 8.14. The molecule has 1 aliphatic carbocycles. The number of ether oxygens (including phenoxy) is 1. The minimum atomic E-state index is -0.494. The molecule has 1 saturated carbocycles. The van der Waals surface area contributed by atoms with Crippen LogP contribution in [0.15, 0.2) is 11.4 Å². The second-order valence-electron chi connectivity index (χ2n) is 6.48. The number of likely N-dealkylation sites (tertiary alicyclic amines) is 1. The molecule has 21 heavy (non-hydrogen) atoms. The quantitative estimate of drug-likeness (QED) is 0.744. The second-order valence-corrected chi connectivity index (χ2v) is 6.48. The number of hydrogen-bond acceptors (Lipinski definition) is 3. The third-order valence-electron chi connectivity index (χ3n) is 4.93. The van der Waals surface area contributed by atoms with E-state index in [0.29, 0.717) is 18.0 Å². The van der Waals surface area contributed by atoms with Crippen LogP contribution in [0.5, 0.6) is 0 Å². The molecule has 1 unspecified atom stereocenters. The molecule has 3 aliphatic rings. The van der Waals surface area contributed by atoms with Gasteiger partial charge in [0.15, 0.2) is 5.83 Å². The van der Waals surface area contributed by atoms with Crippen LogP contribution in [0.3, 0.4) is 0 Å². The fourth-order valence-electron chi connectivity index (χ4n) is 3.36. The zero-order valence-electron chi connectivity index (χ0n) is 12.8. The molecular weight excluding hydrogens is 271 g/mol. The Kier molecular flexibility index (Phi) is 4.60. The van der Waals surface area contributed by atoms with Crippen LogP contribution in [0.2, 0.25) is 0 Å². The average Bonchev–Trinajstić information content (AvgIpc) is 3.26. The van der Waals surface area contributed by atoms with Gasteiger partial charge in [-0.1, -0.05) is 0 Å². The highest BCUT2D eigenvalue weighted by molar-refractivity contribution is 5.92. The smallest absolute Gasteiger partial charge is 0.282 e. The van der Waals surface area contributed by atoms with Gasteiger partial charge in [0, 0.05) is 32.2 Å². The lowest BCUT2D eigenvalue weighted by molar-refractivity contribution is -0.130. The van der Waals surface area contributed by atoms with Crippen LogP contribution in [0, 0.1) is 5.92 Å². The predicted octanol–water partition coefficient (Wildman–Crippen LogP) is 1.96. The number of carbonyl (C=O) groups is 1. The number of carbonyl (C=O) groups excluding carboxylic acids is 1. The van der Waals surface area contributed by atoms with Gasteiger partial charge in [-0.05, 0) is 44.1 Å². The lowest BCUT2D eigenvalue weighted by atomic mass is 10.1. The molecule has 1 amide bonds. The van der Waals surface area contributed by atoms with Gasteiger partial charge in [0.25, 0.3) is 5.91 Å². The first-order valence-electron chi connectivity index (χ1n) is 8.14. The molecule has 1 atom stereocenters. The van der Waals surface area contributed by atoms with Crippen molar-refractivity contribution in [2.24, 2.45) is 5.92 Å². The number of amides is 1.